The van der Waals surface area contributed by atoms with Gasteiger partial charge in [0.2, 0.25) is 0 Å². The van der Waals surface area contributed by atoms with Gasteiger partial charge in [-0.05, 0) is 130 Å². The van der Waals surface area contributed by atoms with Crippen molar-refractivity contribution in [2.75, 3.05) is 0 Å². The second-order valence-corrected chi connectivity index (χ2v) is 12.4. The summed E-state index contributed by atoms with van der Waals surface area (Å²) in [5.74, 6) is 5.63. The summed E-state index contributed by atoms with van der Waals surface area (Å²) in [5.41, 5.74) is 3.72. The minimum atomic E-state index is 0.149. The third-order valence-corrected chi connectivity index (χ3v) is 10.5. The third-order valence-electron chi connectivity index (χ3n) is 10.5. The van der Waals surface area contributed by atoms with Crippen LogP contribution in [0.3, 0.4) is 0 Å². The first-order chi connectivity index (χ1) is 14.1. The number of hydrogen-bond acceptors (Lipinski definition) is 2. The van der Waals surface area contributed by atoms with Gasteiger partial charge in [-0.3, -0.25) is 4.79 Å². The fraction of sp³-hybridized carbons (Fsp3) is 0.741. The first-order valence-corrected chi connectivity index (χ1v) is 12.4. The van der Waals surface area contributed by atoms with Crippen molar-refractivity contribution in [1.29, 1.82) is 0 Å². The lowest BCUT2D eigenvalue weighted by Crippen LogP contribution is -2.52. The highest BCUT2D eigenvalue weighted by atomic mass is 16.3. The van der Waals surface area contributed by atoms with Gasteiger partial charge in [-0.15, -0.1) is 0 Å². The first-order valence-electron chi connectivity index (χ1n) is 12.4. The Balaban J connectivity index is 1.42. The van der Waals surface area contributed by atoms with E-state index in [4.69, 9.17) is 0 Å². The zero-order chi connectivity index (χ0) is 19.4. The summed E-state index contributed by atoms with van der Waals surface area (Å²) in [4.78, 5) is 11.8. The van der Waals surface area contributed by atoms with Crippen molar-refractivity contribution in [3.8, 4) is 5.75 Å². The fourth-order valence-corrected chi connectivity index (χ4v) is 10.5. The molecule has 0 heterocycles. The lowest BCUT2D eigenvalue weighted by molar-refractivity contribution is -0.0182. The Hall–Kier alpha value is -1.31. The van der Waals surface area contributed by atoms with E-state index in [1.54, 1.807) is 0 Å². The van der Waals surface area contributed by atoms with E-state index in [-0.39, 0.29) is 10.8 Å². The van der Waals surface area contributed by atoms with Crippen LogP contribution in [0.15, 0.2) is 12.1 Å². The summed E-state index contributed by atoms with van der Waals surface area (Å²) >= 11 is 0. The van der Waals surface area contributed by atoms with E-state index < -0.39 is 0 Å². The average molecular weight is 391 g/mol. The molecule has 8 saturated carbocycles. The molecule has 1 aromatic carbocycles. The van der Waals surface area contributed by atoms with Crippen LogP contribution >= 0.6 is 0 Å². The zero-order valence-electron chi connectivity index (χ0n) is 17.5. The van der Waals surface area contributed by atoms with E-state index in [1.807, 2.05) is 6.07 Å². The molecule has 0 spiro atoms. The number of aldehydes is 1. The van der Waals surface area contributed by atoms with Crippen LogP contribution in [0.2, 0.25) is 0 Å². The monoisotopic (exact) mass is 390 g/mol. The van der Waals surface area contributed by atoms with Crippen molar-refractivity contribution >= 4 is 6.29 Å². The van der Waals surface area contributed by atoms with Crippen LogP contribution in [0, 0.1) is 35.5 Å². The van der Waals surface area contributed by atoms with Crippen LogP contribution < -0.4 is 0 Å². The Kier molecular flexibility index (Phi) is 3.40. The van der Waals surface area contributed by atoms with Crippen LogP contribution in [0.25, 0.3) is 0 Å². The van der Waals surface area contributed by atoms with E-state index in [2.05, 4.69) is 6.07 Å². The molecule has 1 N–H and O–H groups in total. The highest BCUT2D eigenvalue weighted by Gasteiger charge is 2.57. The predicted octanol–water partition coefficient (Wildman–Crippen LogP) is 6.14. The van der Waals surface area contributed by atoms with Crippen molar-refractivity contribution in [3.63, 3.8) is 0 Å². The molecular formula is C27H34O2. The molecule has 0 aliphatic heterocycles. The molecule has 2 heteroatoms. The Labute approximate surface area is 174 Å². The third kappa shape index (κ3) is 2.32. The molecule has 0 radical (unpaired) electrons. The Morgan fingerprint density at radius 2 is 1.10 bits per heavy atom. The predicted molar refractivity (Wildman–Crippen MR) is 113 cm³/mol. The van der Waals surface area contributed by atoms with Gasteiger partial charge in [0.15, 0.2) is 6.29 Å². The van der Waals surface area contributed by atoms with Crippen molar-refractivity contribution in [3.05, 3.63) is 28.8 Å². The second kappa shape index (κ2) is 5.68. The molecule has 8 bridgehead atoms. The zero-order valence-corrected chi connectivity index (χ0v) is 17.5. The number of aromatic hydroxyl groups is 1. The van der Waals surface area contributed by atoms with Crippen molar-refractivity contribution in [2.45, 2.75) is 87.9 Å². The highest BCUT2D eigenvalue weighted by Crippen LogP contribution is 2.66. The summed E-state index contributed by atoms with van der Waals surface area (Å²) < 4.78 is 0. The van der Waals surface area contributed by atoms with Gasteiger partial charge >= 0.3 is 0 Å². The van der Waals surface area contributed by atoms with E-state index in [0.717, 1.165) is 41.8 Å². The van der Waals surface area contributed by atoms with Gasteiger partial charge in [0, 0.05) is 11.0 Å². The number of carbonyl (C=O) groups is 1. The van der Waals surface area contributed by atoms with Gasteiger partial charge in [0.05, 0.1) is 5.56 Å². The maximum absolute atomic E-state index is 11.8. The molecule has 8 aliphatic rings. The van der Waals surface area contributed by atoms with Gasteiger partial charge < -0.3 is 5.11 Å². The molecule has 8 aliphatic carbocycles. The largest absolute Gasteiger partial charge is 0.507 e. The molecule has 0 atom stereocenters. The molecular weight excluding hydrogens is 356 g/mol. The standard InChI is InChI=1S/C27H34O2/c28-15-22-1-2-23(26-9-16-3-17(10-26)5-18(4-16)11-26)24(25(22)29)27-12-19-6-20(13-27)8-21(7-19)14-27/h1-2,15-21,29H,3-14H2. The molecule has 1 aromatic rings. The first kappa shape index (κ1) is 17.4. The fourth-order valence-electron chi connectivity index (χ4n) is 10.5. The maximum atomic E-state index is 11.8. The normalized spacial score (nSPS) is 49.0. The van der Waals surface area contributed by atoms with Gasteiger partial charge in [-0.25, -0.2) is 0 Å². The molecule has 8 fully saturated rings. The number of carbonyl (C=O) groups excluding carboxylic acids is 1. The number of benzene rings is 1. The number of hydrogen-bond donors (Lipinski definition) is 1. The van der Waals surface area contributed by atoms with Crippen LogP contribution in [0.1, 0.15) is 98.5 Å². The SMILES string of the molecule is O=Cc1ccc(C23CC4CC(CC(C4)C2)C3)c(C23CC4CC(CC(C4)C2)C3)c1O. The average Bonchev–Trinajstić information content (AvgIpc) is 2.65. The minimum Gasteiger partial charge on any atom is -0.507 e. The number of phenols is 1. The summed E-state index contributed by atoms with van der Waals surface area (Å²) in [6.45, 7) is 0. The lowest BCUT2D eigenvalue weighted by atomic mass is 9.44. The topological polar surface area (TPSA) is 37.3 Å². The van der Waals surface area contributed by atoms with Crippen molar-refractivity contribution < 1.29 is 9.90 Å². The molecule has 29 heavy (non-hydrogen) atoms. The Bertz CT molecular complexity index is 810. The molecule has 0 aromatic heterocycles. The van der Waals surface area contributed by atoms with Crippen LogP contribution in [0.5, 0.6) is 5.75 Å². The Morgan fingerprint density at radius 1 is 0.690 bits per heavy atom. The summed E-state index contributed by atoms with van der Waals surface area (Å²) in [6, 6.07) is 4.25. The molecule has 9 rings (SSSR count). The van der Waals surface area contributed by atoms with E-state index in [0.29, 0.717) is 11.3 Å². The maximum Gasteiger partial charge on any atom is 0.153 e. The van der Waals surface area contributed by atoms with Gasteiger partial charge in [-0.1, -0.05) is 6.07 Å². The summed E-state index contributed by atoms with van der Waals surface area (Å²) in [6.07, 6.45) is 17.3. The molecule has 0 unspecified atom stereocenters. The Morgan fingerprint density at radius 3 is 1.52 bits per heavy atom. The number of phenolic OH excluding ortho intramolecular Hbond substituents is 1. The molecule has 0 saturated heterocycles. The minimum absolute atomic E-state index is 0.149. The lowest BCUT2D eigenvalue weighted by Gasteiger charge is -2.61. The van der Waals surface area contributed by atoms with Crippen molar-refractivity contribution in [2.24, 2.45) is 35.5 Å². The highest BCUT2D eigenvalue weighted by molar-refractivity contribution is 5.81. The summed E-state index contributed by atoms with van der Waals surface area (Å²) in [5, 5.41) is 11.5. The van der Waals surface area contributed by atoms with E-state index in [9.17, 15) is 9.90 Å². The molecule has 0 amide bonds. The van der Waals surface area contributed by atoms with Crippen molar-refractivity contribution in [1.82, 2.24) is 0 Å². The summed E-state index contributed by atoms with van der Waals surface area (Å²) in [7, 11) is 0. The van der Waals surface area contributed by atoms with Gasteiger partial charge in [0.1, 0.15) is 5.75 Å². The van der Waals surface area contributed by atoms with E-state index in [1.165, 1.54) is 88.2 Å². The van der Waals surface area contributed by atoms with Crippen LogP contribution in [0.4, 0.5) is 0 Å². The van der Waals surface area contributed by atoms with Gasteiger partial charge in [-0.2, -0.15) is 0 Å². The molecule has 2 nitrogen and oxygen atoms in total. The van der Waals surface area contributed by atoms with Crippen LogP contribution in [-0.2, 0) is 10.8 Å². The van der Waals surface area contributed by atoms with E-state index >= 15 is 0 Å². The van der Waals surface area contributed by atoms with Gasteiger partial charge in [0.25, 0.3) is 0 Å². The smallest absolute Gasteiger partial charge is 0.153 e. The molecule has 154 valence electrons. The second-order valence-electron chi connectivity index (χ2n) is 12.4. The number of rotatable bonds is 3. The quantitative estimate of drug-likeness (QED) is 0.629. The van der Waals surface area contributed by atoms with Crippen LogP contribution in [-0.4, -0.2) is 11.4 Å².